The van der Waals surface area contributed by atoms with E-state index in [1.807, 2.05) is 19.1 Å². The van der Waals surface area contributed by atoms with E-state index in [-0.39, 0.29) is 0 Å². The van der Waals surface area contributed by atoms with Crippen molar-refractivity contribution >= 4 is 15.9 Å². The van der Waals surface area contributed by atoms with E-state index < -0.39 is 0 Å². The summed E-state index contributed by atoms with van der Waals surface area (Å²) in [4.78, 5) is 0. The minimum Gasteiger partial charge on any atom is -0.508 e. The molecule has 2 nitrogen and oxygen atoms in total. The van der Waals surface area contributed by atoms with Crippen LogP contribution in [0.1, 0.15) is 36.4 Å². The monoisotopic (exact) mass is 269 g/mol. The maximum absolute atomic E-state index is 9.91. The Balaban J connectivity index is 2.30. The van der Waals surface area contributed by atoms with Gasteiger partial charge in [-0.2, -0.15) is 0 Å². The molecule has 0 saturated carbocycles. The Morgan fingerprint density at radius 2 is 2.20 bits per heavy atom. The van der Waals surface area contributed by atoms with Crippen molar-refractivity contribution in [2.45, 2.75) is 32.2 Å². The van der Waals surface area contributed by atoms with Crippen LogP contribution in [0, 0.1) is 6.92 Å². The van der Waals surface area contributed by atoms with E-state index in [4.69, 9.17) is 0 Å². The Hall–Kier alpha value is -0.540. The quantitative estimate of drug-likeness (QED) is 0.820. The topological polar surface area (TPSA) is 32.3 Å². The lowest BCUT2D eigenvalue weighted by molar-refractivity contribution is 0.390. The van der Waals surface area contributed by atoms with E-state index >= 15 is 0 Å². The number of piperidine rings is 1. The SMILES string of the molecule is Cc1cc(O)c(C2CCCCN2)cc1Br. The molecule has 1 heterocycles. The highest BCUT2D eigenvalue weighted by Gasteiger charge is 2.18. The lowest BCUT2D eigenvalue weighted by Gasteiger charge is -2.25. The van der Waals surface area contributed by atoms with Crippen molar-refractivity contribution < 1.29 is 5.11 Å². The van der Waals surface area contributed by atoms with Crippen molar-refractivity contribution in [2.75, 3.05) is 6.54 Å². The number of phenolic OH excluding ortho intramolecular Hbond substituents is 1. The molecule has 0 amide bonds. The number of hydrogen-bond donors (Lipinski definition) is 2. The predicted octanol–water partition coefficient (Wildman–Crippen LogP) is 3.28. The Morgan fingerprint density at radius 3 is 2.87 bits per heavy atom. The van der Waals surface area contributed by atoms with Crippen molar-refractivity contribution in [1.82, 2.24) is 5.32 Å². The number of rotatable bonds is 1. The molecule has 1 atom stereocenters. The first-order valence-electron chi connectivity index (χ1n) is 5.41. The number of halogens is 1. The predicted molar refractivity (Wildman–Crippen MR) is 65.1 cm³/mol. The summed E-state index contributed by atoms with van der Waals surface area (Å²) in [6, 6.07) is 4.18. The smallest absolute Gasteiger partial charge is 0.120 e. The third-order valence-electron chi connectivity index (χ3n) is 2.99. The lowest BCUT2D eigenvalue weighted by atomic mass is 9.96. The van der Waals surface area contributed by atoms with Crippen LogP contribution in [0.3, 0.4) is 0 Å². The standard InChI is InChI=1S/C12H16BrNO/c1-8-6-12(15)9(7-10(8)13)11-4-2-3-5-14-11/h6-7,11,14-15H,2-5H2,1H3. The van der Waals surface area contributed by atoms with E-state index in [9.17, 15) is 5.11 Å². The molecular weight excluding hydrogens is 254 g/mol. The summed E-state index contributed by atoms with van der Waals surface area (Å²) < 4.78 is 1.07. The Morgan fingerprint density at radius 1 is 1.40 bits per heavy atom. The Bertz CT molecular complexity index is 359. The summed E-state index contributed by atoms with van der Waals surface area (Å²) in [6.07, 6.45) is 3.59. The first kappa shape index (κ1) is 11.0. The largest absolute Gasteiger partial charge is 0.508 e. The van der Waals surface area contributed by atoms with Crippen LogP contribution in [0.15, 0.2) is 16.6 Å². The van der Waals surface area contributed by atoms with Crippen LogP contribution in [0.25, 0.3) is 0 Å². The molecule has 1 fully saturated rings. The highest BCUT2D eigenvalue weighted by atomic mass is 79.9. The molecule has 1 saturated heterocycles. The highest BCUT2D eigenvalue weighted by Crippen LogP contribution is 2.33. The Labute approximate surface area is 98.8 Å². The normalized spacial score (nSPS) is 21.6. The van der Waals surface area contributed by atoms with Crippen LogP contribution in [0.5, 0.6) is 5.75 Å². The summed E-state index contributed by atoms with van der Waals surface area (Å²) in [5.74, 6) is 0.412. The minimum absolute atomic E-state index is 0.315. The fourth-order valence-electron chi connectivity index (χ4n) is 2.08. The van der Waals surface area contributed by atoms with Crippen LogP contribution in [-0.2, 0) is 0 Å². The van der Waals surface area contributed by atoms with Gasteiger partial charge in [0.2, 0.25) is 0 Å². The number of benzene rings is 1. The van der Waals surface area contributed by atoms with Gasteiger partial charge < -0.3 is 10.4 Å². The van der Waals surface area contributed by atoms with Gasteiger partial charge in [-0.3, -0.25) is 0 Å². The molecule has 2 rings (SSSR count). The van der Waals surface area contributed by atoms with Gasteiger partial charge in [0.25, 0.3) is 0 Å². The molecule has 1 aliphatic rings. The molecule has 0 aromatic heterocycles. The van der Waals surface area contributed by atoms with E-state index in [2.05, 4.69) is 21.2 Å². The molecule has 0 radical (unpaired) electrons. The third kappa shape index (κ3) is 2.34. The second-order valence-corrected chi connectivity index (χ2v) is 5.02. The van der Waals surface area contributed by atoms with Gasteiger partial charge in [-0.15, -0.1) is 0 Å². The van der Waals surface area contributed by atoms with Crippen molar-refractivity contribution in [2.24, 2.45) is 0 Å². The first-order valence-corrected chi connectivity index (χ1v) is 6.20. The molecule has 1 aliphatic heterocycles. The molecule has 0 spiro atoms. The van der Waals surface area contributed by atoms with Gasteiger partial charge in [0.05, 0.1) is 0 Å². The summed E-state index contributed by atoms with van der Waals surface area (Å²) in [5, 5.41) is 13.3. The van der Waals surface area contributed by atoms with Gasteiger partial charge in [-0.05, 0) is 44.0 Å². The second-order valence-electron chi connectivity index (χ2n) is 4.16. The summed E-state index contributed by atoms with van der Waals surface area (Å²) in [5.41, 5.74) is 2.10. The molecule has 82 valence electrons. The molecular formula is C12H16BrNO. The lowest BCUT2D eigenvalue weighted by Crippen LogP contribution is -2.26. The van der Waals surface area contributed by atoms with E-state index in [0.29, 0.717) is 11.8 Å². The molecule has 1 aromatic rings. The third-order valence-corrected chi connectivity index (χ3v) is 3.85. The fourth-order valence-corrected chi connectivity index (χ4v) is 2.44. The van der Waals surface area contributed by atoms with Crippen LogP contribution < -0.4 is 5.32 Å². The molecule has 2 N–H and O–H groups in total. The first-order chi connectivity index (χ1) is 7.18. The van der Waals surface area contributed by atoms with Gasteiger partial charge in [0, 0.05) is 16.1 Å². The number of aryl methyl sites for hydroxylation is 1. The molecule has 0 aliphatic carbocycles. The molecule has 15 heavy (non-hydrogen) atoms. The van der Waals surface area contributed by atoms with Gasteiger partial charge in [0.1, 0.15) is 5.75 Å². The zero-order valence-electron chi connectivity index (χ0n) is 8.89. The fraction of sp³-hybridized carbons (Fsp3) is 0.500. The maximum atomic E-state index is 9.91. The van der Waals surface area contributed by atoms with Crippen LogP contribution >= 0.6 is 15.9 Å². The number of aromatic hydroxyl groups is 1. The maximum Gasteiger partial charge on any atom is 0.120 e. The summed E-state index contributed by atoms with van der Waals surface area (Å²) >= 11 is 3.51. The second kappa shape index (κ2) is 4.54. The van der Waals surface area contributed by atoms with E-state index in [1.54, 1.807) is 0 Å². The number of phenols is 1. The van der Waals surface area contributed by atoms with E-state index in [0.717, 1.165) is 28.6 Å². The zero-order valence-corrected chi connectivity index (χ0v) is 10.5. The van der Waals surface area contributed by atoms with Gasteiger partial charge in [-0.25, -0.2) is 0 Å². The summed E-state index contributed by atoms with van der Waals surface area (Å²) in [6.45, 7) is 3.04. The van der Waals surface area contributed by atoms with Crippen LogP contribution in [0.2, 0.25) is 0 Å². The molecule has 3 heteroatoms. The molecule has 1 unspecified atom stereocenters. The van der Waals surface area contributed by atoms with Crippen molar-refractivity contribution in [3.8, 4) is 5.75 Å². The van der Waals surface area contributed by atoms with Crippen molar-refractivity contribution in [3.05, 3.63) is 27.7 Å². The number of nitrogens with one attached hydrogen (secondary N) is 1. The average molecular weight is 270 g/mol. The van der Waals surface area contributed by atoms with E-state index in [1.165, 1.54) is 12.8 Å². The van der Waals surface area contributed by atoms with Crippen molar-refractivity contribution in [1.29, 1.82) is 0 Å². The number of hydrogen-bond acceptors (Lipinski definition) is 2. The van der Waals surface area contributed by atoms with Gasteiger partial charge in [-0.1, -0.05) is 22.4 Å². The molecule has 1 aromatic carbocycles. The van der Waals surface area contributed by atoms with Gasteiger partial charge >= 0.3 is 0 Å². The Kier molecular flexibility index (Phi) is 3.32. The minimum atomic E-state index is 0.315. The zero-order chi connectivity index (χ0) is 10.8. The van der Waals surface area contributed by atoms with Crippen LogP contribution in [-0.4, -0.2) is 11.7 Å². The highest BCUT2D eigenvalue weighted by molar-refractivity contribution is 9.10. The average Bonchev–Trinajstić information content (AvgIpc) is 2.25. The van der Waals surface area contributed by atoms with Crippen molar-refractivity contribution in [3.63, 3.8) is 0 Å². The van der Waals surface area contributed by atoms with Crippen LogP contribution in [0.4, 0.5) is 0 Å². The summed E-state index contributed by atoms with van der Waals surface area (Å²) in [7, 11) is 0. The molecule has 0 bridgehead atoms. The van der Waals surface area contributed by atoms with Gasteiger partial charge in [0.15, 0.2) is 0 Å².